The molecule has 1 aliphatic heterocycles. The molecule has 1 heterocycles. The number of hydrogen-bond acceptors (Lipinski definition) is 3. The van der Waals surface area contributed by atoms with E-state index in [1.807, 2.05) is 0 Å². The number of ether oxygens (including phenoxy) is 1. The van der Waals surface area contributed by atoms with Gasteiger partial charge < -0.3 is 15.8 Å². The Balaban J connectivity index is 1.98. The van der Waals surface area contributed by atoms with Crippen LogP contribution >= 0.6 is 0 Å². The maximum absolute atomic E-state index is 12.1. The molecule has 122 valence electrons. The van der Waals surface area contributed by atoms with Crippen LogP contribution in [0.1, 0.15) is 65.7 Å². The lowest BCUT2D eigenvalue weighted by atomic mass is 9.76. The first-order valence-corrected chi connectivity index (χ1v) is 8.50. The summed E-state index contributed by atoms with van der Waals surface area (Å²) in [5.41, 5.74) is 5.55. The van der Waals surface area contributed by atoms with Gasteiger partial charge in [-0.3, -0.25) is 4.79 Å². The number of amides is 1. The molecule has 1 saturated carbocycles. The zero-order chi connectivity index (χ0) is 15.5. The Morgan fingerprint density at radius 2 is 2.00 bits per heavy atom. The van der Waals surface area contributed by atoms with Gasteiger partial charge in [-0.15, -0.1) is 0 Å². The summed E-state index contributed by atoms with van der Waals surface area (Å²) in [6.07, 6.45) is 7.53. The molecule has 4 nitrogen and oxygen atoms in total. The molecule has 2 fully saturated rings. The van der Waals surface area contributed by atoms with Gasteiger partial charge in [-0.05, 0) is 49.9 Å². The molecule has 0 aromatic heterocycles. The fourth-order valence-electron chi connectivity index (χ4n) is 3.83. The van der Waals surface area contributed by atoms with Crippen LogP contribution in [0.15, 0.2) is 0 Å². The first-order chi connectivity index (χ1) is 9.83. The van der Waals surface area contributed by atoms with E-state index in [0.29, 0.717) is 11.3 Å². The minimum atomic E-state index is -0.522. The second-order valence-corrected chi connectivity index (χ2v) is 7.96. The average molecular weight is 296 g/mol. The van der Waals surface area contributed by atoms with E-state index in [0.717, 1.165) is 51.7 Å². The fraction of sp³-hybridized carbons (Fsp3) is 0.941. The molecule has 1 amide bonds. The van der Waals surface area contributed by atoms with Crippen LogP contribution in [0.4, 0.5) is 0 Å². The molecule has 3 unspecified atom stereocenters. The molecule has 1 aliphatic carbocycles. The van der Waals surface area contributed by atoms with E-state index >= 15 is 0 Å². The molecule has 0 aromatic rings. The molecule has 0 spiro atoms. The summed E-state index contributed by atoms with van der Waals surface area (Å²) in [6, 6.07) is 0. The van der Waals surface area contributed by atoms with Crippen LogP contribution in [-0.2, 0) is 9.53 Å². The highest BCUT2D eigenvalue weighted by Crippen LogP contribution is 2.39. The van der Waals surface area contributed by atoms with Crippen LogP contribution < -0.4 is 11.1 Å². The third kappa shape index (κ3) is 4.19. The molecule has 2 aliphatic rings. The summed E-state index contributed by atoms with van der Waals surface area (Å²) < 4.78 is 5.66. The maximum Gasteiger partial charge on any atom is 0.237 e. The van der Waals surface area contributed by atoms with Gasteiger partial charge in [-0.1, -0.05) is 27.2 Å². The number of nitrogens with two attached hydrogens (primary N) is 1. The largest absolute Gasteiger partial charge is 0.377 e. The van der Waals surface area contributed by atoms with Crippen molar-refractivity contribution in [3.8, 4) is 0 Å². The SMILES string of the molecule is CC(C)(C)C1CCCC(NCC2CCCO2)(C(N)=O)CC1. The standard InChI is InChI=1S/C17H32N2O2/c1-16(2,3)13-6-4-9-17(10-8-13,15(18)20)19-12-14-7-5-11-21-14/h13-14,19H,4-12H2,1-3H3,(H2,18,20). The van der Waals surface area contributed by atoms with Gasteiger partial charge in [0.05, 0.1) is 11.6 Å². The van der Waals surface area contributed by atoms with E-state index in [-0.39, 0.29) is 12.0 Å². The van der Waals surface area contributed by atoms with E-state index < -0.39 is 5.54 Å². The van der Waals surface area contributed by atoms with Crippen molar-refractivity contribution in [3.05, 3.63) is 0 Å². The number of rotatable bonds is 4. The summed E-state index contributed by atoms with van der Waals surface area (Å²) in [6.45, 7) is 8.50. The Morgan fingerprint density at radius 1 is 1.24 bits per heavy atom. The van der Waals surface area contributed by atoms with Gasteiger partial charge in [0.25, 0.3) is 0 Å². The molecule has 1 saturated heterocycles. The predicted octanol–water partition coefficient (Wildman–Crippen LogP) is 2.61. The fourth-order valence-corrected chi connectivity index (χ4v) is 3.83. The smallest absolute Gasteiger partial charge is 0.237 e. The van der Waals surface area contributed by atoms with E-state index in [1.165, 1.54) is 6.42 Å². The molecule has 3 atom stereocenters. The number of hydrogen-bond donors (Lipinski definition) is 2. The minimum Gasteiger partial charge on any atom is -0.377 e. The average Bonchev–Trinajstić information content (AvgIpc) is 2.80. The molecule has 0 aromatic carbocycles. The van der Waals surface area contributed by atoms with Crippen molar-refractivity contribution in [2.45, 2.75) is 77.4 Å². The normalized spacial score (nSPS) is 34.6. The van der Waals surface area contributed by atoms with Crippen LogP contribution in [-0.4, -0.2) is 30.7 Å². The minimum absolute atomic E-state index is 0.185. The molecular weight excluding hydrogens is 264 g/mol. The summed E-state index contributed by atoms with van der Waals surface area (Å²) in [5, 5.41) is 3.49. The summed E-state index contributed by atoms with van der Waals surface area (Å²) in [5.74, 6) is 0.485. The van der Waals surface area contributed by atoms with Gasteiger partial charge in [0, 0.05) is 13.2 Å². The molecule has 3 N–H and O–H groups in total. The van der Waals surface area contributed by atoms with Crippen molar-refractivity contribution in [2.24, 2.45) is 17.1 Å². The Labute approximate surface area is 129 Å². The van der Waals surface area contributed by atoms with Crippen molar-refractivity contribution in [2.75, 3.05) is 13.2 Å². The Hall–Kier alpha value is -0.610. The zero-order valence-electron chi connectivity index (χ0n) is 13.9. The van der Waals surface area contributed by atoms with Gasteiger partial charge in [0.1, 0.15) is 0 Å². The lowest BCUT2D eigenvalue weighted by Gasteiger charge is -2.33. The first-order valence-electron chi connectivity index (χ1n) is 8.50. The molecule has 2 rings (SSSR count). The topological polar surface area (TPSA) is 64.3 Å². The van der Waals surface area contributed by atoms with Crippen molar-refractivity contribution < 1.29 is 9.53 Å². The molecule has 4 heteroatoms. The third-order valence-corrected chi connectivity index (χ3v) is 5.46. The Kier molecular flexibility index (Phi) is 5.31. The van der Waals surface area contributed by atoms with Crippen LogP contribution in [0, 0.1) is 11.3 Å². The van der Waals surface area contributed by atoms with Gasteiger partial charge in [-0.2, -0.15) is 0 Å². The highest BCUT2D eigenvalue weighted by molar-refractivity contribution is 5.84. The summed E-state index contributed by atoms with van der Waals surface area (Å²) >= 11 is 0. The van der Waals surface area contributed by atoms with E-state index in [1.54, 1.807) is 0 Å². The second-order valence-electron chi connectivity index (χ2n) is 7.96. The van der Waals surface area contributed by atoms with Crippen molar-refractivity contribution >= 4 is 5.91 Å². The summed E-state index contributed by atoms with van der Waals surface area (Å²) in [4.78, 5) is 12.1. The van der Waals surface area contributed by atoms with Crippen LogP contribution in [0.3, 0.4) is 0 Å². The lowest BCUT2D eigenvalue weighted by molar-refractivity contribution is -0.125. The second kappa shape index (κ2) is 6.66. The monoisotopic (exact) mass is 296 g/mol. The summed E-state index contributed by atoms with van der Waals surface area (Å²) in [7, 11) is 0. The van der Waals surface area contributed by atoms with E-state index in [9.17, 15) is 4.79 Å². The number of primary amides is 1. The third-order valence-electron chi connectivity index (χ3n) is 5.46. The van der Waals surface area contributed by atoms with Gasteiger partial charge in [0.2, 0.25) is 5.91 Å². The molecule has 0 radical (unpaired) electrons. The van der Waals surface area contributed by atoms with Crippen molar-refractivity contribution in [3.63, 3.8) is 0 Å². The van der Waals surface area contributed by atoms with Crippen LogP contribution in [0.2, 0.25) is 0 Å². The Bertz CT molecular complexity index is 358. The van der Waals surface area contributed by atoms with Crippen LogP contribution in [0.25, 0.3) is 0 Å². The molecule has 0 bridgehead atoms. The highest BCUT2D eigenvalue weighted by atomic mass is 16.5. The zero-order valence-corrected chi connectivity index (χ0v) is 13.9. The van der Waals surface area contributed by atoms with Crippen LogP contribution in [0.5, 0.6) is 0 Å². The lowest BCUT2D eigenvalue weighted by Crippen LogP contribution is -2.56. The number of carbonyl (C=O) groups excluding carboxylic acids is 1. The quantitative estimate of drug-likeness (QED) is 0.784. The number of carbonyl (C=O) groups is 1. The maximum atomic E-state index is 12.1. The number of nitrogens with one attached hydrogen (secondary N) is 1. The Morgan fingerprint density at radius 3 is 2.57 bits per heavy atom. The van der Waals surface area contributed by atoms with Gasteiger partial charge in [-0.25, -0.2) is 0 Å². The van der Waals surface area contributed by atoms with E-state index in [2.05, 4.69) is 26.1 Å². The molecule has 21 heavy (non-hydrogen) atoms. The van der Waals surface area contributed by atoms with Gasteiger partial charge in [0.15, 0.2) is 0 Å². The van der Waals surface area contributed by atoms with E-state index in [4.69, 9.17) is 10.5 Å². The molecular formula is C17H32N2O2. The highest BCUT2D eigenvalue weighted by Gasteiger charge is 2.40. The van der Waals surface area contributed by atoms with Crippen molar-refractivity contribution in [1.29, 1.82) is 0 Å². The van der Waals surface area contributed by atoms with Crippen molar-refractivity contribution in [1.82, 2.24) is 5.32 Å². The first kappa shape index (κ1) is 16.8. The van der Waals surface area contributed by atoms with Gasteiger partial charge >= 0.3 is 0 Å². The predicted molar refractivity (Wildman–Crippen MR) is 84.9 cm³/mol.